The molecule has 2 aromatic rings. The van der Waals surface area contributed by atoms with Gasteiger partial charge >= 0.3 is 0 Å². The zero-order chi connectivity index (χ0) is 19.7. The van der Waals surface area contributed by atoms with E-state index in [-0.39, 0.29) is 12.8 Å². The Morgan fingerprint density at radius 2 is 2.14 bits per heavy atom. The molecule has 0 aromatic carbocycles. The first-order valence-electron chi connectivity index (χ1n) is 10.0. The van der Waals surface area contributed by atoms with Gasteiger partial charge in [-0.25, -0.2) is 4.98 Å². The molecule has 2 aliphatic rings. The Hall–Kier alpha value is -2.57. The number of aliphatic hydroxyl groups excluding tert-OH is 1. The fraction of sp³-hybridized carbons (Fsp3) is 0.409. The Bertz CT molecular complexity index is 912. The average Bonchev–Trinajstić information content (AvgIpc) is 3.28. The maximum atomic E-state index is 9.44. The molecule has 148 valence electrons. The maximum absolute atomic E-state index is 9.44. The first kappa shape index (κ1) is 18.8. The van der Waals surface area contributed by atoms with Gasteiger partial charge in [-0.05, 0) is 50.2 Å². The Kier molecular flexibility index (Phi) is 5.24. The Morgan fingerprint density at radius 1 is 1.36 bits per heavy atom. The number of hydrogen-bond donors (Lipinski definition) is 4. The van der Waals surface area contributed by atoms with Crippen molar-refractivity contribution < 1.29 is 5.11 Å². The molecule has 1 atom stereocenters. The summed E-state index contributed by atoms with van der Waals surface area (Å²) >= 11 is 0. The van der Waals surface area contributed by atoms with Gasteiger partial charge in [0.1, 0.15) is 17.7 Å². The Labute approximate surface area is 165 Å². The van der Waals surface area contributed by atoms with Crippen LogP contribution in [0.25, 0.3) is 23.7 Å². The van der Waals surface area contributed by atoms with Crippen LogP contribution in [0.5, 0.6) is 0 Å². The molecule has 2 aromatic heterocycles. The van der Waals surface area contributed by atoms with Crippen LogP contribution in [0.15, 0.2) is 31.0 Å². The van der Waals surface area contributed by atoms with Crippen LogP contribution in [-0.2, 0) is 0 Å². The van der Waals surface area contributed by atoms with Crippen molar-refractivity contribution in [1.29, 1.82) is 0 Å². The van der Waals surface area contributed by atoms with Crippen molar-refractivity contribution in [2.24, 2.45) is 11.7 Å². The summed E-state index contributed by atoms with van der Waals surface area (Å²) in [5.74, 6) is 1.89. The summed E-state index contributed by atoms with van der Waals surface area (Å²) in [7, 11) is 0. The average molecular weight is 380 g/mol. The first-order chi connectivity index (χ1) is 13.6. The minimum atomic E-state index is -0.300. The molecule has 1 fully saturated rings. The van der Waals surface area contributed by atoms with Gasteiger partial charge in [-0.2, -0.15) is 0 Å². The van der Waals surface area contributed by atoms with E-state index in [0.717, 1.165) is 59.8 Å². The first-order valence-corrected chi connectivity index (χ1v) is 10.0. The Balaban J connectivity index is 1.75. The second-order valence-electron chi connectivity index (χ2n) is 7.79. The normalized spacial score (nSPS) is 24.3. The molecule has 1 aliphatic heterocycles. The van der Waals surface area contributed by atoms with Gasteiger partial charge in [0.05, 0.1) is 11.4 Å². The predicted molar refractivity (Wildman–Crippen MR) is 113 cm³/mol. The second kappa shape index (κ2) is 7.81. The monoisotopic (exact) mass is 379 g/mol. The van der Waals surface area contributed by atoms with Gasteiger partial charge in [-0.15, -0.1) is 0 Å². The number of nitrogens with two attached hydrogens (primary N) is 1. The summed E-state index contributed by atoms with van der Waals surface area (Å²) in [5, 5.41) is 12.6. The molecule has 1 saturated carbocycles. The highest BCUT2D eigenvalue weighted by Gasteiger charge is 2.31. The lowest BCUT2D eigenvalue weighted by molar-refractivity contribution is 0.180. The minimum absolute atomic E-state index is 0.287. The van der Waals surface area contributed by atoms with Crippen LogP contribution in [0, 0.1) is 12.8 Å². The molecule has 0 saturated heterocycles. The number of nitrogens with zero attached hydrogens (tertiary/aromatic N) is 2. The number of aromatic nitrogens is 3. The lowest BCUT2D eigenvalue weighted by atomic mass is 9.82. The number of H-pyrrole nitrogens is 1. The van der Waals surface area contributed by atoms with Crippen molar-refractivity contribution in [1.82, 2.24) is 19.9 Å². The van der Waals surface area contributed by atoms with Crippen LogP contribution < -0.4 is 11.1 Å². The standard InChI is InChI=1S/C22H29N5O/c1-3-4-5-17-12-18(25-14(17)2)19-20-21(23)24-10-11-27(20)22(26-19)16-8-6-15(13-28)7-9-16/h3-5,10-12,15-16,21,24-25,28H,1,6-9,13,23H2,2H3/b5-4-. The van der Waals surface area contributed by atoms with Crippen molar-refractivity contribution in [2.45, 2.75) is 44.7 Å². The topological polar surface area (TPSA) is 91.9 Å². The van der Waals surface area contributed by atoms with E-state index in [9.17, 15) is 5.11 Å². The molecular weight excluding hydrogens is 350 g/mol. The van der Waals surface area contributed by atoms with Crippen LogP contribution >= 0.6 is 0 Å². The van der Waals surface area contributed by atoms with Crippen LogP contribution in [-0.4, -0.2) is 26.2 Å². The summed E-state index contributed by atoms with van der Waals surface area (Å²) in [6.45, 7) is 6.09. The molecule has 4 rings (SSSR count). The summed E-state index contributed by atoms with van der Waals surface area (Å²) in [6.07, 6.45) is 13.6. The molecule has 3 heterocycles. The van der Waals surface area contributed by atoms with Gasteiger partial charge in [-0.3, -0.25) is 0 Å². The summed E-state index contributed by atoms with van der Waals surface area (Å²) < 4.78 is 2.16. The number of aliphatic hydroxyl groups is 1. The summed E-state index contributed by atoms with van der Waals surface area (Å²) in [4.78, 5) is 8.55. The van der Waals surface area contributed by atoms with Crippen LogP contribution in [0.1, 0.15) is 60.5 Å². The number of allylic oxidation sites excluding steroid dienone is 2. The number of aromatic amines is 1. The lowest BCUT2D eigenvalue weighted by Gasteiger charge is -2.28. The largest absolute Gasteiger partial charge is 0.396 e. The third kappa shape index (κ3) is 3.34. The number of rotatable bonds is 5. The van der Waals surface area contributed by atoms with Gasteiger partial charge in [-0.1, -0.05) is 24.8 Å². The van der Waals surface area contributed by atoms with E-state index in [1.54, 1.807) is 6.08 Å². The fourth-order valence-electron chi connectivity index (χ4n) is 4.35. The number of hydrogen-bond acceptors (Lipinski definition) is 4. The molecular formula is C22H29N5O. The third-order valence-corrected chi connectivity index (χ3v) is 5.96. The smallest absolute Gasteiger partial charge is 0.118 e. The van der Waals surface area contributed by atoms with Crippen molar-refractivity contribution in [3.05, 3.63) is 53.8 Å². The molecule has 0 radical (unpaired) electrons. The van der Waals surface area contributed by atoms with Crippen molar-refractivity contribution >= 4 is 12.3 Å². The van der Waals surface area contributed by atoms with Gasteiger partial charge in [0.15, 0.2) is 0 Å². The molecule has 6 nitrogen and oxygen atoms in total. The zero-order valence-corrected chi connectivity index (χ0v) is 16.4. The maximum Gasteiger partial charge on any atom is 0.118 e. The number of nitrogens with one attached hydrogen (secondary N) is 2. The van der Waals surface area contributed by atoms with E-state index in [4.69, 9.17) is 10.7 Å². The fourth-order valence-corrected chi connectivity index (χ4v) is 4.35. The van der Waals surface area contributed by atoms with Crippen LogP contribution in [0.2, 0.25) is 0 Å². The van der Waals surface area contributed by atoms with Gasteiger partial charge in [0, 0.05) is 30.6 Å². The quantitative estimate of drug-likeness (QED) is 0.597. The van der Waals surface area contributed by atoms with E-state index >= 15 is 0 Å². The molecule has 28 heavy (non-hydrogen) atoms. The molecule has 0 spiro atoms. The minimum Gasteiger partial charge on any atom is -0.396 e. The van der Waals surface area contributed by atoms with Gasteiger partial charge in [0.2, 0.25) is 0 Å². The SMILES string of the molecule is C=C/C=C\c1cc(-c2nc(C3CCC(CO)CC3)n3c2C(N)NC=C3)[nH]c1C. The number of imidazole rings is 1. The summed E-state index contributed by atoms with van der Waals surface area (Å²) in [5.41, 5.74) is 11.5. The van der Waals surface area contributed by atoms with E-state index in [2.05, 4.69) is 34.4 Å². The van der Waals surface area contributed by atoms with Crippen molar-refractivity contribution in [3.8, 4) is 11.4 Å². The van der Waals surface area contributed by atoms with E-state index < -0.39 is 0 Å². The predicted octanol–water partition coefficient (Wildman–Crippen LogP) is 3.64. The molecule has 0 amide bonds. The van der Waals surface area contributed by atoms with Crippen molar-refractivity contribution in [2.75, 3.05) is 6.61 Å². The summed E-state index contributed by atoms with van der Waals surface area (Å²) in [6, 6.07) is 2.12. The van der Waals surface area contributed by atoms with E-state index in [1.807, 2.05) is 24.6 Å². The van der Waals surface area contributed by atoms with Crippen LogP contribution in [0.4, 0.5) is 0 Å². The highest BCUT2D eigenvalue weighted by atomic mass is 16.3. The molecule has 0 bridgehead atoms. The van der Waals surface area contributed by atoms with Gasteiger partial charge < -0.3 is 25.7 Å². The second-order valence-corrected chi connectivity index (χ2v) is 7.79. The number of fused-ring (bicyclic) bond motifs is 1. The Morgan fingerprint density at radius 3 is 2.86 bits per heavy atom. The van der Waals surface area contributed by atoms with E-state index in [0.29, 0.717) is 11.8 Å². The highest BCUT2D eigenvalue weighted by molar-refractivity contribution is 5.68. The highest BCUT2D eigenvalue weighted by Crippen LogP contribution is 2.39. The van der Waals surface area contributed by atoms with Crippen LogP contribution in [0.3, 0.4) is 0 Å². The lowest BCUT2D eigenvalue weighted by Crippen LogP contribution is -2.30. The number of aryl methyl sites for hydroxylation is 1. The van der Waals surface area contributed by atoms with E-state index in [1.165, 1.54) is 0 Å². The molecule has 5 N–H and O–H groups in total. The molecule has 1 aliphatic carbocycles. The third-order valence-electron chi connectivity index (χ3n) is 5.96. The zero-order valence-electron chi connectivity index (χ0n) is 16.4. The van der Waals surface area contributed by atoms with Gasteiger partial charge in [0.25, 0.3) is 0 Å². The molecule has 6 heteroatoms. The van der Waals surface area contributed by atoms with Crippen molar-refractivity contribution in [3.63, 3.8) is 0 Å². The molecule has 1 unspecified atom stereocenters.